The normalized spacial score (nSPS) is 20.7. The van der Waals surface area contributed by atoms with E-state index in [0.29, 0.717) is 23.3 Å². The Balaban J connectivity index is 1.92. The van der Waals surface area contributed by atoms with E-state index in [1.54, 1.807) is 25.3 Å². The molecule has 1 aliphatic heterocycles. The van der Waals surface area contributed by atoms with Crippen LogP contribution in [0.5, 0.6) is 11.5 Å². The van der Waals surface area contributed by atoms with Gasteiger partial charge in [-0.3, -0.25) is 4.79 Å². The number of Topliss-reactive ketones (excluding diaryl/α,β-unsaturated/α-hetero) is 1. The second-order valence-electron chi connectivity index (χ2n) is 8.01. The highest BCUT2D eigenvalue weighted by atomic mass is 16.5. The van der Waals surface area contributed by atoms with Gasteiger partial charge in [-0.25, -0.2) is 0 Å². The molecule has 0 spiro atoms. The molecular weight excluding hydrogens is 340 g/mol. The van der Waals surface area contributed by atoms with Crippen molar-refractivity contribution in [3.05, 3.63) is 59.3 Å². The third-order valence-electron chi connectivity index (χ3n) is 5.27. The molecular formula is C22H24N2O3. The first-order chi connectivity index (χ1) is 12.9. The van der Waals surface area contributed by atoms with Crippen molar-refractivity contribution in [2.24, 2.45) is 5.41 Å². The second kappa shape index (κ2) is 6.34. The lowest BCUT2D eigenvalue weighted by Gasteiger charge is -2.34. The number of allylic oxidation sites excluding steroid dienone is 1. The Morgan fingerprint density at radius 1 is 1.11 bits per heavy atom. The van der Waals surface area contributed by atoms with Crippen molar-refractivity contribution < 1.29 is 14.6 Å². The molecule has 2 aromatic rings. The number of aromatic hydroxyl groups is 1. The summed E-state index contributed by atoms with van der Waals surface area (Å²) in [7, 11) is 1.59. The van der Waals surface area contributed by atoms with Crippen molar-refractivity contribution in [3.63, 3.8) is 0 Å². The van der Waals surface area contributed by atoms with Crippen LogP contribution in [-0.4, -0.2) is 18.0 Å². The van der Waals surface area contributed by atoms with Crippen LogP contribution >= 0.6 is 0 Å². The lowest BCUT2D eigenvalue weighted by atomic mass is 9.73. The number of ether oxygens (including phenoxy) is 1. The summed E-state index contributed by atoms with van der Waals surface area (Å²) in [6.45, 7) is 4.22. The molecule has 0 bridgehead atoms. The number of hydrogen-bond donors (Lipinski definition) is 3. The van der Waals surface area contributed by atoms with Gasteiger partial charge in [0.05, 0.1) is 24.5 Å². The van der Waals surface area contributed by atoms with Crippen LogP contribution in [0.3, 0.4) is 0 Å². The summed E-state index contributed by atoms with van der Waals surface area (Å²) in [6.07, 6.45) is 1.25. The highest BCUT2D eigenvalue weighted by Crippen LogP contribution is 2.47. The summed E-state index contributed by atoms with van der Waals surface area (Å²) >= 11 is 0. The molecule has 0 saturated heterocycles. The van der Waals surface area contributed by atoms with E-state index in [0.717, 1.165) is 23.5 Å². The van der Waals surface area contributed by atoms with Crippen LogP contribution in [0.4, 0.5) is 11.4 Å². The zero-order valence-corrected chi connectivity index (χ0v) is 15.8. The van der Waals surface area contributed by atoms with Crippen molar-refractivity contribution in [1.82, 2.24) is 0 Å². The van der Waals surface area contributed by atoms with E-state index in [1.165, 1.54) is 0 Å². The molecule has 5 nitrogen and oxygen atoms in total. The summed E-state index contributed by atoms with van der Waals surface area (Å²) in [5, 5.41) is 17.5. The van der Waals surface area contributed by atoms with Gasteiger partial charge in [0.1, 0.15) is 11.5 Å². The molecule has 0 radical (unpaired) electrons. The zero-order chi connectivity index (χ0) is 19.2. The van der Waals surface area contributed by atoms with Crippen LogP contribution in [0.1, 0.15) is 38.3 Å². The monoisotopic (exact) mass is 364 g/mol. The van der Waals surface area contributed by atoms with Crippen molar-refractivity contribution in [3.8, 4) is 11.5 Å². The Hall–Kier alpha value is -2.95. The van der Waals surface area contributed by atoms with Crippen LogP contribution < -0.4 is 15.4 Å². The van der Waals surface area contributed by atoms with Gasteiger partial charge < -0.3 is 20.5 Å². The van der Waals surface area contributed by atoms with Gasteiger partial charge in [-0.2, -0.15) is 0 Å². The molecule has 1 heterocycles. The number of methoxy groups -OCH3 is 1. The molecule has 0 aromatic heterocycles. The number of carbonyl (C=O) groups excluding carboxylic acids is 1. The number of rotatable bonds is 2. The quantitative estimate of drug-likeness (QED) is 0.725. The van der Waals surface area contributed by atoms with Crippen LogP contribution in [0, 0.1) is 5.41 Å². The Labute approximate surface area is 159 Å². The van der Waals surface area contributed by atoms with Gasteiger partial charge in [-0.1, -0.05) is 26.0 Å². The van der Waals surface area contributed by atoms with E-state index in [4.69, 9.17) is 4.74 Å². The molecule has 0 fully saturated rings. The highest BCUT2D eigenvalue weighted by Gasteiger charge is 2.39. The maximum Gasteiger partial charge on any atom is 0.163 e. The Morgan fingerprint density at radius 2 is 1.85 bits per heavy atom. The van der Waals surface area contributed by atoms with Crippen molar-refractivity contribution >= 4 is 17.2 Å². The average molecular weight is 364 g/mol. The highest BCUT2D eigenvalue weighted by molar-refractivity contribution is 6.01. The van der Waals surface area contributed by atoms with Gasteiger partial charge in [-0.05, 0) is 42.2 Å². The van der Waals surface area contributed by atoms with Gasteiger partial charge in [0.15, 0.2) is 5.78 Å². The number of anilines is 2. The number of benzene rings is 2. The molecule has 1 unspecified atom stereocenters. The van der Waals surface area contributed by atoms with Crippen LogP contribution in [0.25, 0.3) is 0 Å². The fraction of sp³-hybridized carbons (Fsp3) is 0.318. The first-order valence-corrected chi connectivity index (χ1v) is 9.14. The largest absolute Gasteiger partial charge is 0.508 e. The fourth-order valence-electron chi connectivity index (χ4n) is 4.01. The van der Waals surface area contributed by atoms with Crippen LogP contribution in [0.2, 0.25) is 0 Å². The average Bonchev–Trinajstić information content (AvgIpc) is 2.77. The smallest absolute Gasteiger partial charge is 0.163 e. The first kappa shape index (κ1) is 17.5. The van der Waals surface area contributed by atoms with Crippen LogP contribution in [0.15, 0.2) is 53.7 Å². The van der Waals surface area contributed by atoms with E-state index in [9.17, 15) is 9.90 Å². The number of hydrogen-bond acceptors (Lipinski definition) is 5. The number of fused-ring (bicyclic) bond motifs is 1. The van der Waals surface area contributed by atoms with Crippen molar-refractivity contribution in [1.29, 1.82) is 0 Å². The van der Waals surface area contributed by atoms with Gasteiger partial charge in [0.25, 0.3) is 0 Å². The molecule has 1 aliphatic carbocycles. The minimum absolute atomic E-state index is 0.0984. The summed E-state index contributed by atoms with van der Waals surface area (Å²) < 4.78 is 5.34. The minimum Gasteiger partial charge on any atom is -0.508 e. The number of phenolic OH excluding ortho intramolecular Hbond substituents is 1. The molecule has 2 aliphatic rings. The molecule has 3 N–H and O–H groups in total. The number of nitrogens with one attached hydrogen (secondary N) is 2. The summed E-state index contributed by atoms with van der Waals surface area (Å²) in [4.78, 5) is 13.1. The van der Waals surface area contributed by atoms with E-state index in [1.807, 2.05) is 24.3 Å². The molecule has 0 saturated carbocycles. The summed E-state index contributed by atoms with van der Waals surface area (Å²) in [5.74, 6) is 0.874. The fourth-order valence-corrected chi connectivity index (χ4v) is 4.01. The van der Waals surface area contributed by atoms with E-state index < -0.39 is 6.04 Å². The molecule has 140 valence electrons. The van der Waals surface area contributed by atoms with Crippen molar-refractivity contribution in [2.45, 2.75) is 32.7 Å². The topological polar surface area (TPSA) is 70.6 Å². The lowest BCUT2D eigenvalue weighted by molar-refractivity contribution is -0.118. The van der Waals surface area contributed by atoms with Crippen LogP contribution in [-0.2, 0) is 4.79 Å². The Morgan fingerprint density at radius 3 is 2.59 bits per heavy atom. The molecule has 5 heteroatoms. The third kappa shape index (κ3) is 3.14. The van der Waals surface area contributed by atoms with E-state index >= 15 is 0 Å². The first-order valence-electron chi connectivity index (χ1n) is 9.14. The van der Waals surface area contributed by atoms with Gasteiger partial charge in [0.2, 0.25) is 0 Å². The number of ketones is 1. The maximum atomic E-state index is 13.1. The maximum absolute atomic E-state index is 13.1. The van der Waals surface area contributed by atoms with Gasteiger partial charge in [-0.15, -0.1) is 0 Å². The number of phenols is 1. The predicted octanol–water partition coefficient (Wildman–Crippen LogP) is 4.62. The zero-order valence-electron chi connectivity index (χ0n) is 15.8. The molecule has 1 atom stereocenters. The second-order valence-corrected chi connectivity index (χ2v) is 8.01. The molecule has 2 aromatic carbocycles. The lowest BCUT2D eigenvalue weighted by Crippen LogP contribution is -2.31. The van der Waals surface area contributed by atoms with Gasteiger partial charge in [0, 0.05) is 23.3 Å². The summed E-state index contributed by atoms with van der Waals surface area (Å²) in [5.41, 5.74) is 3.96. The van der Waals surface area contributed by atoms with Crippen molar-refractivity contribution in [2.75, 3.05) is 17.7 Å². The standard InChI is InChI=1S/C22H24N2O3/c1-22(2)11-17-20(19(26)12-22)21(14-10-13(27-3)8-9-18(14)25)24-16-7-5-4-6-15(16)23-17/h4-10,21,23-25H,11-12H2,1-3H3. The third-order valence-corrected chi connectivity index (χ3v) is 5.27. The van der Waals surface area contributed by atoms with Gasteiger partial charge >= 0.3 is 0 Å². The SMILES string of the molecule is COc1ccc(O)c(C2Nc3ccccc3NC3=C2C(=O)CC(C)(C)C3)c1. The van der Waals surface area contributed by atoms with E-state index in [2.05, 4.69) is 24.5 Å². The van der Waals surface area contributed by atoms with E-state index in [-0.39, 0.29) is 16.9 Å². The predicted molar refractivity (Wildman–Crippen MR) is 106 cm³/mol. The Kier molecular flexibility index (Phi) is 4.10. The number of carbonyl (C=O) groups is 1. The number of para-hydroxylation sites is 2. The minimum atomic E-state index is -0.449. The molecule has 4 rings (SSSR count). The molecule has 27 heavy (non-hydrogen) atoms. The Bertz CT molecular complexity index is 946. The molecule has 0 amide bonds. The summed E-state index contributed by atoms with van der Waals surface area (Å²) in [6, 6.07) is 12.5.